The summed E-state index contributed by atoms with van der Waals surface area (Å²) in [6, 6.07) is 19.2. The Balaban J connectivity index is 1.20. The van der Waals surface area contributed by atoms with E-state index in [1.165, 1.54) is 36.4 Å². The van der Waals surface area contributed by atoms with Crippen molar-refractivity contribution in [1.29, 1.82) is 0 Å². The van der Waals surface area contributed by atoms with Crippen molar-refractivity contribution in [1.82, 2.24) is 15.0 Å². The number of carboxylic acid groups (broad SMARTS) is 1. The standard InChI is InChI=1S/C33H25N9O12S3/c1-17-12-22(35-32-36-31(37-33(45)38-32)34-19-6-8-21(9-7-19)40-39-20-4-2-18(3-5-20)30(43)44)10-11-27(17)42-41-23-13-25-26(28(14-23)56(49,50)51)15-24(55(46,47)48)16-29(25)57(52,53)54/h2-16H,1H3,(H,43,44)(H,46,47,48)(H,49,50,51)(H,52,53,54)(H3,34,35,36,37,38,45)/b40-39+,42-41+. The van der Waals surface area contributed by atoms with Gasteiger partial charge in [0.25, 0.3) is 30.4 Å². The van der Waals surface area contributed by atoms with Gasteiger partial charge in [0.05, 0.1) is 33.2 Å². The van der Waals surface area contributed by atoms with Gasteiger partial charge in [-0.05, 0) is 103 Å². The first-order chi connectivity index (χ1) is 26.7. The molecule has 0 radical (unpaired) electrons. The van der Waals surface area contributed by atoms with Crippen LogP contribution in [0.25, 0.3) is 10.8 Å². The molecule has 0 saturated heterocycles. The maximum Gasteiger partial charge on any atom is 0.335 e. The third-order valence-electron chi connectivity index (χ3n) is 7.67. The lowest BCUT2D eigenvalue weighted by Gasteiger charge is -2.11. The normalized spacial score (nSPS) is 12.4. The van der Waals surface area contributed by atoms with Crippen molar-refractivity contribution in [3.8, 4) is 6.01 Å². The molecule has 0 unspecified atom stereocenters. The second-order valence-electron chi connectivity index (χ2n) is 11.7. The predicted octanol–water partition coefficient (Wildman–Crippen LogP) is 6.80. The first-order valence-corrected chi connectivity index (χ1v) is 20.0. The van der Waals surface area contributed by atoms with E-state index in [1.807, 2.05) is 0 Å². The highest BCUT2D eigenvalue weighted by Crippen LogP contribution is 2.36. The van der Waals surface area contributed by atoms with Crippen LogP contribution < -0.4 is 10.6 Å². The fourth-order valence-corrected chi connectivity index (χ4v) is 7.13. The molecule has 0 aliphatic rings. The van der Waals surface area contributed by atoms with Crippen molar-refractivity contribution in [2.75, 3.05) is 10.6 Å². The Bertz CT molecular complexity index is 2980. The molecule has 0 amide bonds. The second kappa shape index (κ2) is 15.4. The molecule has 6 rings (SSSR count). The highest BCUT2D eigenvalue weighted by Gasteiger charge is 2.25. The Hall–Kier alpha value is -6.83. The fraction of sp³-hybridized carbons (Fsp3) is 0.0303. The molecule has 57 heavy (non-hydrogen) atoms. The molecule has 0 aliphatic heterocycles. The number of benzene rings is 5. The minimum absolute atomic E-state index is 0.0222. The summed E-state index contributed by atoms with van der Waals surface area (Å²) in [5, 5.41) is 40.0. The number of carboxylic acids is 1. The molecule has 0 aliphatic carbocycles. The van der Waals surface area contributed by atoms with Crippen molar-refractivity contribution in [2.24, 2.45) is 20.5 Å². The van der Waals surface area contributed by atoms with Crippen molar-refractivity contribution in [3.63, 3.8) is 0 Å². The Morgan fingerprint density at radius 1 is 0.579 bits per heavy atom. The lowest BCUT2D eigenvalue weighted by molar-refractivity contribution is 0.0696. The minimum Gasteiger partial charge on any atom is -0.479 e. The van der Waals surface area contributed by atoms with Crippen LogP contribution in [0.4, 0.5) is 46.0 Å². The van der Waals surface area contributed by atoms with Crippen molar-refractivity contribution in [2.45, 2.75) is 21.6 Å². The number of aryl methyl sites for hydroxylation is 1. The van der Waals surface area contributed by atoms with Gasteiger partial charge < -0.3 is 20.8 Å². The summed E-state index contributed by atoms with van der Waals surface area (Å²) in [5.41, 5.74) is 2.40. The Labute approximate surface area is 321 Å². The molecule has 0 saturated carbocycles. The third-order valence-corrected chi connectivity index (χ3v) is 10.3. The molecular weight excluding hydrogens is 811 g/mol. The molecule has 0 atom stereocenters. The number of aromatic nitrogens is 3. The topological polar surface area (TPSA) is 333 Å². The van der Waals surface area contributed by atoms with Crippen LogP contribution >= 0.6 is 0 Å². The van der Waals surface area contributed by atoms with Gasteiger partial charge in [-0.15, -0.1) is 0 Å². The molecule has 7 N–H and O–H groups in total. The van der Waals surface area contributed by atoms with Gasteiger partial charge in [0.2, 0.25) is 11.9 Å². The Kier molecular flexibility index (Phi) is 10.7. The first-order valence-electron chi connectivity index (χ1n) is 15.6. The second-order valence-corrected chi connectivity index (χ2v) is 15.9. The number of rotatable bonds is 12. The number of aromatic hydroxyl groups is 1. The van der Waals surface area contributed by atoms with Crippen molar-refractivity contribution in [3.05, 3.63) is 102 Å². The fourth-order valence-electron chi connectivity index (χ4n) is 5.08. The summed E-state index contributed by atoms with van der Waals surface area (Å²) in [6.07, 6.45) is 0. The van der Waals surface area contributed by atoms with E-state index in [-0.39, 0.29) is 28.8 Å². The van der Waals surface area contributed by atoms with E-state index < -0.39 is 67.8 Å². The molecule has 0 fully saturated rings. The van der Waals surface area contributed by atoms with E-state index >= 15 is 0 Å². The van der Waals surface area contributed by atoms with Gasteiger partial charge in [-0.25, -0.2) is 4.79 Å². The predicted molar refractivity (Wildman–Crippen MR) is 201 cm³/mol. The number of nitrogens with one attached hydrogen (secondary N) is 2. The summed E-state index contributed by atoms with van der Waals surface area (Å²) in [6.45, 7) is 1.63. The van der Waals surface area contributed by atoms with Crippen molar-refractivity contribution >= 4 is 93.1 Å². The minimum atomic E-state index is -5.22. The third kappa shape index (κ3) is 9.71. The SMILES string of the molecule is Cc1cc(Nc2nc(O)nc(Nc3ccc(/N=N/c4ccc(C(=O)O)cc4)cc3)n2)ccc1/N=N/c1cc(S(=O)(=O)O)c2cc(S(=O)(=O)O)cc(S(=O)(=O)O)c2c1. The van der Waals surface area contributed by atoms with E-state index in [0.29, 0.717) is 40.4 Å². The van der Waals surface area contributed by atoms with E-state index in [9.17, 15) is 48.8 Å². The van der Waals surface area contributed by atoms with E-state index in [2.05, 4.69) is 46.0 Å². The molecule has 5 aromatic carbocycles. The quantitative estimate of drug-likeness (QED) is 0.0492. The number of anilines is 4. The molecule has 1 heterocycles. The molecule has 1 aromatic heterocycles. The van der Waals surface area contributed by atoms with Crippen LogP contribution in [0.5, 0.6) is 6.01 Å². The molecule has 6 aromatic rings. The number of azo groups is 2. The monoisotopic (exact) mass is 835 g/mol. The molecule has 21 nitrogen and oxygen atoms in total. The maximum atomic E-state index is 12.3. The number of hydrogen-bond acceptors (Lipinski definition) is 17. The molecule has 292 valence electrons. The van der Waals surface area contributed by atoms with E-state index in [1.54, 1.807) is 37.3 Å². The van der Waals surface area contributed by atoms with Crippen molar-refractivity contribution < 1.29 is 53.9 Å². The highest BCUT2D eigenvalue weighted by atomic mass is 32.2. The lowest BCUT2D eigenvalue weighted by Crippen LogP contribution is -2.07. The number of hydrogen-bond donors (Lipinski definition) is 7. The zero-order chi connectivity index (χ0) is 41.3. The summed E-state index contributed by atoms with van der Waals surface area (Å²) in [5.74, 6) is -1.13. The number of carbonyl (C=O) groups is 1. The van der Waals surface area contributed by atoms with Crippen LogP contribution in [0, 0.1) is 6.92 Å². The molecular formula is C33H25N9O12S3. The summed E-state index contributed by atoms with van der Waals surface area (Å²) >= 11 is 0. The van der Waals surface area contributed by atoms with Gasteiger partial charge in [-0.1, -0.05) is 0 Å². The Morgan fingerprint density at radius 2 is 1.09 bits per heavy atom. The molecule has 0 bridgehead atoms. The largest absolute Gasteiger partial charge is 0.479 e. The van der Waals surface area contributed by atoms with Crippen LogP contribution in [0.1, 0.15) is 15.9 Å². The highest BCUT2D eigenvalue weighted by molar-refractivity contribution is 7.87. The smallest absolute Gasteiger partial charge is 0.335 e. The van der Waals surface area contributed by atoms with Crippen LogP contribution in [0.3, 0.4) is 0 Å². The van der Waals surface area contributed by atoms with Gasteiger partial charge in [0.1, 0.15) is 9.79 Å². The van der Waals surface area contributed by atoms with Crippen LogP contribution in [-0.2, 0) is 30.4 Å². The molecule has 0 spiro atoms. The Morgan fingerprint density at radius 3 is 1.63 bits per heavy atom. The number of fused-ring (bicyclic) bond motifs is 1. The van der Waals surface area contributed by atoms with Gasteiger partial charge in [0, 0.05) is 22.1 Å². The summed E-state index contributed by atoms with van der Waals surface area (Å²) in [4.78, 5) is 19.9. The average molecular weight is 836 g/mol. The maximum absolute atomic E-state index is 12.3. The number of nitrogens with zero attached hydrogens (tertiary/aromatic N) is 7. The van der Waals surface area contributed by atoms with Gasteiger partial charge in [-0.2, -0.15) is 60.7 Å². The van der Waals surface area contributed by atoms with Crippen LogP contribution in [-0.4, -0.2) is 70.0 Å². The lowest BCUT2D eigenvalue weighted by atomic mass is 10.1. The van der Waals surface area contributed by atoms with E-state index in [4.69, 9.17) is 5.11 Å². The number of aromatic carboxylic acids is 1. The summed E-state index contributed by atoms with van der Waals surface area (Å²) in [7, 11) is -15.5. The van der Waals surface area contributed by atoms with Crippen LogP contribution in [0.2, 0.25) is 0 Å². The van der Waals surface area contributed by atoms with E-state index in [0.717, 1.165) is 12.1 Å². The zero-order valence-electron chi connectivity index (χ0n) is 28.6. The zero-order valence-corrected chi connectivity index (χ0v) is 31.1. The summed E-state index contributed by atoms with van der Waals surface area (Å²) < 4.78 is 102. The van der Waals surface area contributed by atoms with Gasteiger partial charge in [0.15, 0.2) is 0 Å². The van der Waals surface area contributed by atoms with Gasteiger partial charge >= 0.3 is 12.0 Å². The average Bonchev–Trinajstić information content (AvgIpc) is 3.12. The molecule has 24 heteroatoms. The first kappa shape index (κ1) is 39.9. The van der Waals surface area contributed by atoms with Crippen LogP contribution in [0.15, 0.2) is 126 Å². The van der Waals surface area contributed by atoms with Gasteiger partial charge in [-0.3, -0.25) is 13.7 Å².